The van der Waals surface area contributed by atoms with Crippen LogP contribution >= 0.6 is 0 Å². The first-order valence-electron chi connectivity index (χ1n) is 6.38. The van der Waals surface area contributed by atoms with Gasteiger partial charge in [0, 0.05) is 0 Å². The lowest BCUT2D eigenvalue weighted by Gasteiger charge is -2.31. The fourth-order valence-electron chi connectivity index (χ4n) is 1.99. The van der Waals surface area contributed by atoms with Gasteiger partial charge in [0.2, 0.25) is 0 Å². The quantitative estimate of drug-likeness (QED) is 0.529. The number of aliphatic hydroxyl groups excluding tert-OH is 1. The molecule has 2 atom stereocenters. The van der Waals surface area contributed by atoms with Crippen LogP contribution in [0, 0.1) is 0 Å². The van der Waals surface area contributed by atoms with Crippen LogP contribution in [0.25, 0.3) is 0 Å². The molecule has 0 radical (unpaired) electrons. The molecule has 2 unspecified atom stereocenters. The molecule has 1 aromatic carbocycles. The second-order valence-electron chi connectivity index (χ2n) is 4.53. The molecule has 0 fully saturated rings. The van der Waals surface area contributed by atoms with Gasteiger partial charge in [-0.15, -0.1) is 0 Å². The summed E-state index contributed by atoms with van der Waals surface area (Å²) < 4.78 is 0. The summed E-state index contributed by atoms with van der Waals surface area (Å²) >= 11 is 0. The molecule has 0 aliphatic heterocycles. The van der Waals surface area contributed by atoms with Crippen molar-refractivity contribution in [3.63, 3.8) is 0 Å². The number of carboxylic acid groups (broad SMARTS) is 4. The van der Waals surface area contributed by atoms with Crippen molar-refractivity contribution in [2.24, 2.45) is 0 Å². The molecular formula is C13H14N2O9. The van der Waals surface area contributed by atoms with Gasteiger partial charge in [0.25, 0.3) is 0 Å². The van der Waals surface area contributed by atoms with Gasteiger partial charge >= 0.3 is 24.4 Å². The number of imide groups is 2. The van der Waals surface area contributed by atoms with Crippen LogP contribution in [-0.4, -0.2) is 72.3 Å². The Morgan fingerprint density at radius 1 is 0.833 bits per heavy atom. The van der Waals surface area contributed by atoms with E-state index in [1.807, 2.05) is 0 Å². The zero-order valence-electron chi connectivity index (χ0n) is 12.0. The fourth-order valence-corrected chi connectivity index (χ4v) is 1.99. The summed E-state index contributed by atoms with van der Waals surface area (Å²) in [5.41, 5.74) is 0.0886. The first-order chi connectivity index (χ1) is 11.2. The summed E-state index contributed by atoms with van der Waals surface area (Å²) in [5.74, 6) is 0. The summed E-state index contributed by atoms with van der Waals surface area (Å²) in [7, 11) is 0. The molecule has 11 heteroatoms. The van der Waals surface area contributed by atoms with Crippen LogP contribution in [0.2, 0.25) is 0 Å². The fraction of sp³-hybridized carbons (Fsp3) is 0.231. The Morgan fingerprint density at radius 2 is 1.29 bits per heavy atom. The molecular weight excluding hydrogens is 328 g/mol. The molecule has 4 amide bonds. The van der Waals surface area contributed by atoms with E-state index in [1.54, 1.807) is 6.07 Å². The summed E-state index contributed by atoms with van der Waals surface area (Å²) in [6.07, 6.45) is -9.64. The number of hydrogen-bond donors (Lipinski definition) is 5. The van der Waals surface area contributed by atoms with E-state index in [4.69, 9.17) is 20.4 Å². The third-order valence-corrected chi connectivity index (χ3v) is 3.08. The van der Waals surface area contributed by atoms with E-state index < -0.39 is 43.1 Å². The van der Waals surface area contributed by atoms with E-state index in [0.717, 1.165) is 0 Å². The Bertz CT molecular complexity index is 606. The van der Waals surface area contributed by atoms with Crippen molar-refractivity contribution in [1.29, 1.82) is 0 Å². The van der Waals surface area contributed by atoms with Crippen molar-refractivity contribution in [3.8, 4) is 0 Å². The summed E-state index contributed by atoms with van der Waals surface area (Å²) in [6.45, 7) is -1.10. The Hall–Kier alpha value is -3.34. The van der Waals surface area contributed by atoms with Gasteiger partial charge in [-0.2, -0.15) is 0 Å². The molecule has 0 heterocycles. The molecule has 0 saturated carbocycles. The highest BCUT2D eigenvalue weighted by Crippen LogP contribution is 2.23. The second-order valence-corrected chi connectivity index (χ2v) is 4.53. The first-order valence-corrected chi connectivity index (χ1v) is 6.38. The van der Waals surface area contributed by atoms with Crippen molar-refractivity contribution in [1.82, 2.24) is 9.80 Å². The molecule has 0 aromatic heterocycles. The maximum absolute atomic E-state index is 11.2. The van der Waals surface area contributed by atoms with E-state index in [9.17, 15) is 24.3 Å². The van der Waals surface area contributed by atoms with Gasteiger partial charge in [0.15, 0.2) is 0 Å². The number of rotatable bonds is 5. The largest absolute Gasteiger partial charge is 0.465 e. The van der Waals surface area contributed by atoms with Gasteiger partial charge in [0.1, 0.15) is 6.10 Å². The molecule has 0 bridgehead atoms. The van der Waals surface area contributed by atoms with Crippen LogP contribution in [0.4, 0.5) is 19.2 Å². The Balaban J connectivity index is 3.29. The zero-order chi connectivity index (χ0) is 18.4. The lowest BCUT2D eigenvalue weighted by Crippen LogP contribution is -2.53. The number of amides is 4. The van der Waals surface area contributed by atoms with Gasteiger partial charge in [-0.3, -0.25) is 0 Å². The number of nitrogens with zero attached hydrogens (tertiary/aromatic N) is 2. The minimum Gasteiger partial charge on any atom is -0.465 e. The van der Waals surface area contributed by atoms with Crippen molar-refractivity contribution < 1.29 is 44.7 Å². The van der Waals surface area contributed by atoms with Crippen LogP contribution in [0.5, 0.6) is 0 Å². The highest BCUT2D eigenvalue weighted by molar-refractivity contribution is 5.88. The maximum atomic E-state index is 11.2. The van der Waals surface area contributed by atoms with Crippen LogP contribution in [0.3, 0.4) is 0 Å². The van der Waals surface area contributed by atoms with Crippen molar-refractivity contribution in [2.45, 2.75) is 12.1 Å². The standard InChI is InChI=1S/C13H14N2O9/c16-9(7-4-2-1-3-5-7)8(15(12(21)22)13(23)24)6-14(10(17)18)11(19)20/h1-5,8-9,16H,6H2,(H,17,18)(H,19,20)(H,21,22)(H,23,24). The minimum absolute atomic E-state index is 0.0886. The normalized spacial score (nSPS) is 12.7. The lowest BCUT2D eigenvalue weighted by atomic mass is 10.0. The van der Waals surface area contributed by atoms with Gasteiger partial charge in [-0.25, -0.2) is 29.0 Å². The van der Waals surface area contributed by atoms with Gasteiger partial charge in [0.05, 0.1) is 12.6 Å². The van der Waals surface area contributed by atoms with Gasteiger partial charge < -0.3 is 25.5 Å². The smallest absolute Gasteiger partial charge is 0.417 e. The predicted molar refractivity (Wildman–Crippen MR) is 75.8 cm³/mol. The number of hydrogen-bond acceptors (Lipinski definition) is 5. The molecule has 24 heavy (non-hydrogen) atoms. The predicted octanol–water partition coefficient (Wildman–Crippen LogP) is 1.40. The molecule has 11 nitrogen and oxygen atoms in total. The third kappa shape index (κ3) is 4.33. The van der Waals surface area contributed by atoms with Gasteiger partial charge in [-0.1, -0.05) is 30.3 Å². The Morgan fingerprint density at radius 3 is 1.67 bits per heavy atom. The lowest BCUT2D eigenvalue weighted by molar-refractivity contribution is 0.0318. The Labute approximate surface area is 134 Å². The van der Waals surface area contributed by atoms with Crippen molar-refractivity contribution in [3.05, 3.63) is 35.9 Å². The molecule has 0 aliphatic carbocycles. The molecule has 0 saturated heterocycles. The molecule has 130 valence electrons. The minimum atomic E-state index is -1.99. The first kappa shape index (κ1) is 18.7. The zero-order valence-corrected chi connectivity index (χ0v) is 12.0. The molecule has 5 N–H and O–H groups in total. The van der Waals surface area contributed by atoms with E-state index in [-0.39, 0.29) is 15.4 Å². The summed E-state index contributed by atoms with van der Waals surface area (Å²) in [5, 5.41) is 46.0. The maximum Gasteiger partial charge on any atom is 0.417 e. The van der Waals surface area contributed by atoms with E-state index >= 15 is 0 Å². The SMILES string of the molecule is O=C(O)N(CC(C(O)c1ccccc1)N(C(=O)O)C(=O)O)C(=O)O. The summed E-state index contributed by atoms with van der Waals surface area (Å²) in [6, 6.07) is 5.35. The third-order valence-electron chi connectivity index (χ3n) is 3.08. The highest BCUT2D eigenvalue weighted by atomic mass is 16.4. The van der Waals surface area contributed by atoms with E-state index in [1.165, 1.54) is 24.3 Å². The van der Waals surface area contributed by atoms with E-state index in [2.05, 4.69) is 0 Å². The van der Waals surface area contributed by atoms with Crippen LogP contribution in [-0.2, 0) is 0 Å². The molecule has 1 aromatic rings. The van der Waals surface area contributed by atoms with Crippen LogP contribution in [0.15, 0.2) is 30.3 Å². The number of benzene rings is 1. The van der Waals surface area contributed by atoms with Crippen LogP contribution in [0.1, 0.15) is 11.7 Å². The average Bonchev–Trinajstić information content (AvgIpc) is 2.49. The highest BCUT2D eigenvalue weighted by Gasteiger charge is 2.39. The monoisotopic (exact) mass is 342 g/mol. The van der Waals surface area contributed by atoms with Crippen molar-refractivity contribution >= 4 is 24.4 Å². The van der Waals surface area contributed by atoms with Crippen molar-refractivity contribution in [2.75, 3.05) is 6.54 Å². The van der Waals surface area contributed by atoms with Crippen LogP contribution < -0.4 is 0 Å². The topological polar surface area (TPSA) is 176 Å². The van der Waals surface area contributed by atoms with E-state index in [0.29, 0.717) is 0 Å². The Kier molecular flexibility index (Phi) is 6.07. The van der Waals surface area contributed by atoms with Gasteiger partial charge in [-0.05, 0) is 5.56 Å². The average molecular weight is 342 g/mol. The number of carbonyl (C=O) groups is 4. The summed E-state index contributed by atoms with van der Waals surface area (Å²) in [4.78, 5) is 43.8. The number of aliphatic hydroxyl groups is 1. The second kappa shape index (κ2) is 7.78. The molecule has 0 spiro atoms. The molecule has 0 aliphatic rings. The molecule has 1 rings (SSSR count).